The highest BCUT2D eigenvalue weighted by Crippen LogP contribution is 2.14. The van der Waals surface area contributed by atoms with Crippen molar-refractivity contribution in [2.24, 2.45) is 5.92 Å². The molecule has 0 bridgehead atoms. The smallest absolute Gasteiger partial charge is 0.0640 e. The molecule has 0 aliphatic rings. The van der Waals surface area contributed by atoms with Gasteiger partial charge in [-0.3, -0.25) is 4.68 Å². The van der Waals surface area contributed by atoms with Crippen LogP contribution in [-0.2, 0) is 17.8 Å². The Labute approximate surface area is 111 Å². The van der Waals surface area contributed by atoms with Gasteiger partial charge in [0.05, 0.1) is 11.8 Å². The highest BCUT2D eigenvalue weighted by molar-refractivity contribution is 5.03. The summed E-state index contributed by atoms with van der Waals surface area (Å²) < 4.78 is 7.40. The summed E-state index contributed by atoms with van der Waals surface area (Å²) in [6.07, 6.45) is 5.01. The van der Waals surface area contributed by atoms with Crippen molar-refractivity contribution in [1.82, 2.24) is 15.1 Å². The molecule has 1 N–H and O–H groups in total. The molecule has 0 aromatic carbocycles. The Morgan fingerprint density at radius 2 is 2.17 bits per heavy atom. The third-order valence-corrected chi connectivity index (χ3v) is 3.06. The van der Waals surface area contributed by atoms with Gasteiger partial charge in [0, 0.05) is 32.0 Å². The van der Waals surface area contributed by atoms with E-state index in [-0.39, 0.29) is 5.60 Å². The summed E-state index contributed by atoms with van der Waals surface area (Å²) in [6, 6.07) is 0. The third kappa shape index (κ3) is 5.65. The quantitative estimate of drug-likeness (QED) is 0.773. The second kappa shape index (κ2) is 6.90. The largest absolute Gasteiger partial charge is 0.379 e. The normalized spacial score (nSPS) is 12.3. The summed E-state index contributed by atoms with van der Waals surface area (Å²) >= 11 is 0. The van der Waals surface area contributed by atoms with E-state index in [1.165, 1.54) is 5.56 Å². The lowest BCUT2D eigenvalue weighted by molar-refractivity contribution is 0.0113. The number of methoxy groups -OCH3 is 1. The number of nitrogens with zero attached hydrogens (tertiary/aromatic N) is 2. The number of rotatable bonds is 8. The molecule has 0 saturated heterocycles. The van der Waals surface area contributed by atoms with E-state index in [9.17, 15) is 0 Å². The van der Waals surface area contributed by atoms with E-state index in [0.29, 0.717) is 5.92 Å². The van der Waals surface area contributed by atoms with E-state index in [1.807, 2.05) is 10.9 Å². The minimum atomic E-state index is -0.0813. The Morgan fingerprint density at radius 3 is 2.78 bits per heavy atom. The maximum atomic E-state index is 5.40. The van der Waals surface area contributed by atoms with Crippen molar-refractivity contribution in [1.29, 1.82) is 0 Å². The molecule has 0 aliphatic heterocycles. The van der Waals surface area contributed by atoms with E-state index < -0.39 is 0 Å². The average molecular weight is 253 g/mol. The molecule has 18 heavy (non-hydrogen) atoms. The summed E-state index contributed by atoms with van der Waals surface area (Å²) in [4.78, 5) is 0. The number of aromatic nitrogens is 2. The Hall–Kier alpha value is -0.870. The van der Waals surface area contributed by atoms with Gasteiger partial charge in [-0.15, -0.1) is 0 Å². The van der Waals surface area contributed by atoms with Crippen LogP contribution >= 0.6 is 0 Å². The van der Waals surface area contributed by atoms with Crippen molar-refractivity contribution in [3.05, 3.63) is 18.0 Å². The van der Waals surface area contributed by atoms with Gasteiger partial charge in [0.2, 0.25) is 0 Å². The van der Waals surface area contributed by atoms with Gasteiger partial charge in [-0.05, 0) is 32.7 Å². The zero-order valence-electron chi connectivity index (χ0n) is 12.4. The summed E-state index contributed by atoms with van der Waals surface area (Å²) in [5.41, 5.74) is 1.16. The van der Waals surface area contributed by atoms with Gasteiger partial charge in [0.1, 0.15) is 0 Å². The molecule has 0 saturated carbocycles. The van der Waals surface area contributed by atoms with Crippen LogP contribution in [0.15, 0.2) is 12.4 Å². The van der Waals surface area contributed by atoms with Crippen LogP contribution in [-0.4, -0.2) is 29.0 Å². The zero-order valence-corrected chi connectivity index (χ0v) is 12.4. The van der Waals surface area contributed by atoms with Gasteiger partial charge in [0.25, 0.3) is 0 Å². The van der Waals surface area contributed by atoms with Crippen molar-refractivity contribution in [2.45, 2.75) is 52.8 Å². The van der Waals surface area contributed by atoms with Crippen molar-refractivity contribution >= 4 is 0 Å². The summed E-state index contributed by atoms with van der Waals surface area (Å²) in [5.74, 6) is 0.683. The molecular formula is C14H27N3O. The molecular weight excluding hydrogens is 226 g/mol. The standard InChI is InChI=1S/C14H27N3O/c1-12(2)8-15-9-13-10-16-17(11-13)7-6-14(3,4)18-5/h10-12,15H,6-9H2,1-5H3. The van der Waals surface area contributed by atoms with Crippen molar-refractivity contribution in [2.75, 3.05) is 13.7 Å². The number of aryl methyl sites for hydroxylation is 1. The summed E-state index contributed by atoms with van der Waals surface area (Å²) in [5, 5.41) is 7.79. The van der Waals surface area contributed by atoms with Crippen LogP contribution in [0.2, 0.25) is 0 Å². The van der Waals surface area contributed by atoms with Crippen LogP contribution < -0.4 is 5.32 Å². The zero-order chi connectivity index (χ0) is 13.6. The first-order valence-corrected chi connectivity index (χ1v) is 6.70. The van der Waals surface area contributed by atoms with Crippen LogP contribution in [0.4, 0.5) is 0 Å². The molecule has 0 unspecified atom stereocenters. The lowest BCUT2D eigenvalue weighted by Crippen LogP contribution is -2.24. The lowest BCUT2D eigenvalue weighted by atomic mass is 10.1. The van der Waals surface area contributed by atoms with Gasteiger partial charge >= 0.3 is 0 Å². The first kappa shape index (κ1) is 15.2. The topological polar surface area (TPSA) is 39.1 Å². The fourth-order valence-corrected chi connectivity index (χ4v) is 1.61. The molecule has 4 heteroatoms. The van der Waals surface area contributed by atoms with Gasteiger partial charge in [-0.25, -0.2) is 0 Å². The van der Waals surface area contributed by atoms with Crippen LogP contribution in [0.5, 0.6) is 0 Å². The van der Waals surface area contributed by atoms with E-state index in [1.54, 1.807) is 7.11 Å². The molecule has 4 nitrogen and oxygen atoms in total. The monoisotopic (exact) mass is 253 g/mol. The summed E-state index contributed by atoms with van der Waals surface area (Å²) in [6.45, 7) is 11.5. The van der Waals surface area contributed by atoms with E-state index >= 15 is 0 Å². The first-order chi connectivity index (χ1) is 8.43. The fraction of sp³-hybridized carbons (Fsp3) is 0.786. The predicted octanol–water partition coefficient (Wildman–Crippen LogP) is 2.44. The molecule has 104 valence electrons. The van der Waals surface area contributed by atoms with E-state index in [0.717, 1.165) is 26.1 Å². The number of ether oxygens (including phenoxy) is 1. The number of hydrogen-bond acceptors (Lipinski definition) is 3. The number of nitrogens with one attached hydrogen (secondary N) is 1. The highest BCUT2D eigenvalue weighted by atomic mass is 16.5. The lowest BCUT2D eigenvalue weighted by Gasteiger charge is -2.22. The highest BCUT2D eigenvalue weighted by Gasteiger charge is 2.16. The second-order valence-corrected chi connectivity index (χ2v) is 5.85. The fourth-order valence-electron chi connectivity index (χ4n) is 1.61. The molecule has 0 amide bonds. The SMILES string of the molecule is COC(C)(C)CCn1cc(CNCC(C)C)cn1. The molecule has 0 atom stereocenters. The van der Waals surface area contributed by atoms with Gasteiger partial charge in [0.15, 0.2) is 0 Å². The van der Waals surface area contributed by atoms with Gasteiger partial charge < -0.3 is 10.1 Å². The van der Waals surface area contributed by atoms with E-state index in [4.69, 9.17) is 4.74 Å². The molecule has 1 rings (SSSR count). The molecule has 1 aromatic heterocycles. The van der Waals surface area contributed by atoms with Crippen LogP contribution in [0.1, 0.15) is 39.7 Å². The summed E-state index contributed by atoms with van der Waals surface area (Å²) in [7, 11) is 1.75. The maximum absolute atomic E-state index is 5.40. The molecule has 0 aliphatic carbocycles. The van der Waals surface area contributed by atoms with Crippen LogP contribution in [0.3, 0.4) is 0 Å². The molecule has 0 radical (unpaired) electrons. The maximum Gasteiger partial charge on any atom is 0.0640 e. The first-order valence-electron chi connectivity index (χ1n) is 6.70. The Bertz CT molecular complexity index is 345. The number of hydrogen-bond donors (Lipinski definition) is 1. The molecule has 1 aromatic rings. The van der Waals surface area contributed by atoms with Crippen LogP contribution in [0.25, 0.3) is 0 Å². The Morgan fingerprint density at radius 1 is 1.44 bits per heavy atom. The van der Waals surface area contributed by atoms with Crippen LogP contribution in [0, 0.1) is 5.92 Å². The second-order valence-electron chi connectivity index (χ2n) is 5.85. The van der Waals surface area contributed by atoms with Crippen molar-refractivity contribution in [3.63, 3.8) is 0 Å². The Kier molecular flexibility index (Phi) is 5.82. The van der Waals surface area contributed by atoms with Gasteiger partial charge in [-0.1, -0.05) is 13.8 Å². The molecule has 0 fully saturated rings. The van der Waals surface area contributed by atoms with Crippen molar-refractivity contribution in [3.8, 4) is 0 Å². The average Bonchev–Trinajstić information content (AvgIpc) is 2.74. The molecule has 0 spiro atoms. The minimum absolute atomic E-state index is 0.0813. The molecule has 1 heterocycles. The van der Waals surface area contributed by atoms with E-state index in [2.05, 4.69) is 44.3 Å². The third-order valence-electron chi connectivity index (χ3n) is 3.06. The predicted molar refractivity (Wildman–Crippen MR) is 74.5 cm³/mol. The minimum Gasteiger partial charge on any atom is -0.379 e. The van der Waals surface area contributed by atoms with Gasteiger partial charge in [-0.2, -0.15) is 5.10 Å². The van der Waals surface area contributed by atoms with Crippen molar-refractivity contribution < 1.29 is 4.74 Å². The Balaban J connectivity index is 2.34.